The predicted molar refractivity (Wildman–Crippen MR) is 76.0 cm³/mol. The molecule has 110 valence electrons. The van der Waals surface area contributed by atoms with Gasteiger partial charge in [-0.3, -0.25) is 15.0 Å². The number of nitrogens with zero attached hydrogens (tertiary/aromatic N) is 1. The van der Waals surface area contributed by atoms with E-state index in [1.807, 2.05) is 13.8 Å². The number of hydrogen-bond acceptors (Lipinski definition) is 4. The molecule has 2 bridgehead atoms. The number of fused-ring (bicyclic) bond motifs is 2. The number of rotatable bonds is 6. The van der Waals surface area contributed by atoms with E-state index in [1.165, 1.54) is 19.3 Å². The number of nitrogens with one attached hydrogen (secondary N) is 1. The molecule has 3 atom stereocenters. The minimum absolute atomic E-state index is 0.119. The van der Waals surface area contributed by atoms with E-state index in [2.05, 4.69) is 24.1 Å². The van der Waals surface area contributed by atoms with Crippen LogP contribution in [0.25, 0.3) is 0 Å². The van der Waals surface area contributed by atoms with Gasteiger partial charge in [-0.15, -0.1) is 0 Å². The maximum atomic E-state index is 12.3. The summed E-state index contributed by atoms with van der Waals surface area (Å²) >= 11 is 0. The summed E-state index contributed by atoms with van der Waals surface area (Å²) in [6.45, 7) is 10.4. The van der Waals surface area contributed by atoms with E-state index in [1.54, 1.807) is 0 Å². The van der Waals surface area contributed by atoms with Crippen LogP contribution < -0.4 is 5.32 Å². The van der Waals surface area contributed by atoms with Crippen LogP contribution in [0.3, 0.4) is 0 Å². The highest BCUT2D eigenvalue weighted by molar-refractivity contribution is 5.80. The minimum Gasteiger partial charge on any atom is -0.465 e. The lowest BCUT2D eigenvalue weighted by Gasteiger charge is -2.37. The Kier molecular flexibility index (Phi) is 4.51. The Morgan fingerprint density at radius 2 is 2.21 bits per heavy atom. The summed E-state index contributed by atoms with van der Waals surface area (Å²) in [6, 6.07) is 0.960. The van der Waals surface area contributed by atoms with Crippen molar-refractivity contribution in [1.29, 1.82) is 0 Å². The first-order valence-electron chi connectivity index (χ1n) is 7.63. The van der Waals surface area contributed by atoms with Crippen molar-refractivity contribution in [3.8, 4) is 0 Å². The van der Waals surface area contributed by atoms with Gasteiger partial charge >= 0.3 is 5.97 Å². The molecule has 0 amide bonds. The second-order valence-electron chi connectivity index (χ2n) is 6.61. The maximum Gasteiger partial charge on any atom is 0.327 e. The molecule has 1 saturated heterocycles. The van der Waals surface area contributed by atoms with Gasteiger partial charge in [-0.25, -0.2) is 0 Å². The highest BCUT2D eigenvalue weighted by atomic mass is 16.5. The van der Waals surface area contributed by atoms with Crippen molar-refractivity contribution in [2.75, 3.05) is 19.7 Å². The lowest BCUT2D eigenvalue weighted by atomic mass is 9.98. The quantitative estimate of drug-likeness (QED) is 0.746. The van der Waals surface area contributed by atoms with Gasteiger partial charge in [0, 0.05) is 25.2 Å². The van der Waals surface area contributed by atoms with Gasteiger partial charge in [0.05, 0.1) is 6.61 Å². The molecule has 1 heterocycles. The molecule has 0 aromatic carbocycles. The van der Waals surface area contributed by atoms with Gasteiger partial charge in [0.1, 0.15) is 5.54 Å². The standard InChI is InChI=1S/C15H28N2O2/c1-5-19-14(18)15(4,16-11(2)3)10-17-9-12-6-7-13(17)8-12/h11-13,16H,5-10H2,1-4H3. The third-order valence-electron chi connectivity index (χ3n) is 4.38. The summed E-state index contributed by atoms with van der Waals surface area (Å²) in [7, 11) is 0. The predicted octanol–water partition coefficient (Wildman–Crippen LogP) is 1.79. The fraction of sp³-hybridized carbons (Fsp3) is 0.933. The first-order valence-corrected chi connectivity index (χ1v) is 7.63. The van der Waals surface area contributed by atoms with Crippen molar-refractivity contribution in [2.24, 2.45) is 5.92 Å². The number of likely N-dealkylation sites (tertiary alicyclic amines) is 1. The van der Waals surface area contributed by atoms with E-state index in [9.17, 15) is 4.79 Å². The van der Waals surface area contributed by atoms with Crippen LogP contribution in [0.15, 0.2) is 0 Å². The molecular weight excluding hydrogens is 240 g/mol. The summed E-state index contributed by atoms with van der Waals surface area (Å²) in [5.74, 6) is 0.738. The minimum atomic E-state index is -0.589. The zero-order chi connectivity index (χ0) is 14.0. The summed E-state index contributed by atoms with van der Waals surface area (Å²) in [5, 5.41) is 3.41. The third kappa shape index (κ3) is 3.29. The number of carbonyl (C=O) groups excluding carboxylic acids is 1. The Labute approximate surface area is 116 Å². The van der Waals surface area contributed by atoms with Gasteiger partial charge in [0.2, 0.25) is 0 Å². The molecule has 0 spiro atoms. The number of esters is 1. The lowest BCUT2D eigenvalue weighted by molar-refractivity contribution is -0.152. The van der Waals surface area contributed by atoms with Gasteiger partial charge in [0.25, 0.3) is 0 Å². The number of piperidine rings is 1. The molecule has 19 heavy (non-hydrogen) atoms. The molecule has 2 fully saturated rings. The Bertz CT molecular complexity index is 332. The molecule has 4 heteroatoms. The van der Waals surface area contributed by atoms with Crippen molar-refractivity contribution in [2.45, 2.75) is 64.6 Å². The van der Waals surface area contributed by atoms with E-state index in [-0.39, 0.29) is 12.0 Å². The fourth-order valence-corrected chi connectivity index (χ4v) is 3.72. The molecule has 3 unspecified atom stereocenters. The van der Waals surface area contributed by atoms with Gasteiger partial charge in [0.15, 0.2) is 0 Å². The summed E-state index contributed by atoms with van der Waals surface area (Å²) in [5.41, 5.74) is -0.589. The summed E-state index contributed by atoms with van der Waals surface area (Å²) in [4.78, 5) is 14.8. The van der Waals surface area contributed by atoms with Crippen molar-refractivity contribution < 1.29 is 9.53 Å². The monoisotopic (exact) mass is 268 g/mol. The Morgan fingerprint density at radius 3 is 2.68 bits per heavy atom. The van der Waals surface area contributed by atoms with Crippen LogP contribution in [0.2, 0.25) is 0 Å². The highest BCUT2D eigenvalue weighted by Gasteiger charge is 2.44. The highest BCUT2D eigenvalue weighted by Crippen LogP contribution is 2.38. The molecule has 4 nitrogen and oxygen atoms in total. The zero-order valence-corrected chi connectivity index (χ0v) is 12.7. The average Bonchev–Trinajstić information content (AvgIpc) is 2.89. The number of carbonyl (C=O) groups is 1. The SMILES string of the molecule is CCOC(=O)C(C)(CN1CC2CCC1C2)NC(C)C. The lowest BCUT2D eigenvalue weighted by Crippen LogP contribution is -2.60. The molecule has 2 aliphatic rings. The van der Waals surface area contributed by atoms with E-state index in [4.69, 9.17) is 4.74 Å². The average molecular weight is 268 g/mol. The Balaban J connectivity index is 2.02. The van der Waals surface area contributed by atoms with Crippen LogP contribution in [-0.4, -0.2) is 48.2 Å². The van der Waals surface area contributed by atoms with Crippen molar-refractivity contribution in [1.82, 2.24) is 10.2 Å². The van der Waals surface area contributed by atoms with Gasteiger partial charge in [-0.1, -0.05) is 0 Å². The molecule has 1 saturated carbocycles. The normalized spacial score (nSPS) is 29.7. The topological polar surface area (TPSA) is 41.6 Å². The number of ether oxygens (including phenoxy) is 1. The molecule has 2 rings (SSSR count). The maximum absolute atomic E-state index is 12.3. The van der Waals surface area contributed by atoms with Crippen molar-refractivity contribution in [3.05, 3.63) is 0 Å². The second-order valence-corrected chi connectivity index (χ2v) is 6.61. The van der Waals surface area contributed by atoms with E-state index < -0.39 is 5.54 Å². The molecule has 1 aliphatic carbocycles. The van der Waals surface area contributed by atoms with Crippen molar-refractivity contribution >= 4 is 5.97 Å². The Morgan fingerprint density at radius 1 is 1.47 bits per heavy atom. The molecular formula is C15H28N2O2. The second kappa shape index (κ2) is 5.80. The first-order chi connectivity index (χ1) is 8.94. The molecule has 0 aromatic heterocycles. The molecule has 0 aromatic rings. The molecule has 1 N–H and O–H groups in total. The van der Waals surface area contributed by atoms with Crippen LogP contribution in [0.1, 0.15) is 47.0 Å². The fourth-order valence-electron chi connectivity index (χ4n) is 3.72. The largest absolute Gasteiger partial charge is 0.465 e. The van der Waals surface area contributed by atoms with Crippen LogP contribution in [0.5, 0.6) is 0 Å². The zero-order valence-electron chi connectivity index (χ0n) is 12.7. The third-order valence-corrected chi connectivity index (χ3v) is 4.38. The van der Waals surface area contributed by atoms with Crippen molar-refractivity contribution in [3.63, 3.8) is 0 Å². The van der Waals surface area contributed by atoms with E-state index in [0.717, 1.165) is 19.0 Å². The van der Waals surface area contributed by atoms with Gasteiger partial charge in [-0.2, -0.15) is 0 Å². The van der Waals surface area contributed by atoms with E-state index in [0.29, 0.717) is 12.6 Å². The van der Waals surface area contributed by atoms with Crippen LogP contribution >= 0.6 is 0 Å². The molecule has 0 radical (unpaired) electrons. The summed E-state index contributed by atoms with van der Waals surface area (Å²) < 4.78 is 5.27. The first kappa shape index (κ1) is 14.8. The van der Waals surface area contributed by atoms with Gasteiger partial charge in [-0.05, 0) is 52.9 Å². The van der Waals surface area contributed by atoms with Gasteiger partial charge < -0.3 is 4.74 Å². The van der Waals surface area contributed by atoms with Crippen LogP contribution in [-0.2, 0) is 9.53 Å². The Hall–Kier alpha value is -0.610. The van der Waals surface area contributed by atoms with E-state index >= 15 is 0 Å². The van der Waals surface area contributed by atoms with Crippen LogP contribution in [0, 0.1) is 5.92 Å². The smallest absolute Gasteiger partial charge is 0.327 e. The van der Waals surface area contributed by atoms with Crippen LogP contribution in [0.4, 0.5) is 0 Å². The summed E-state index contributed by atoms with van der Waals surface area (Å²) in [6.07, 6.45) is 3.99. The number of hydrogen-bond donors (Lipinski definition) is 1. The molecule has 1 aliphatic heterocycles.